The summed E-state index contributed by atoms with van der Waals surface area (Å²) in [5.74, 6) is -0.762. The Balaban J connectivity index is 1.64. The van der Waals surface area contributed by atoms with Gasteiger partial charge in [-0.15, -0.1) is 0 Å². The molecular weight excluding hydrogens is 460 g/mol. The summed E-state index contributed by atoms with van der Waals surface area (Å²) in [6, 6.07) is 9.66. The second-order valence-corrected chi connectivity index (χ2v) is 8.68. The molecule has 1 atom stereocenters. The van der Waals surface area contributed by atoms with Gasteiger partial charge in [0.25, 0.3) is 15.9 Å². The van der Waals surface area contributed by atoms with Crippen LogP contribution in [-0.4, -0.2) is 36.5 Å². The topological polar surface area (TPSA) is 140 Å². The van der Waals surface area contributed by atoms with Crippen LogP contribution < -0.4 is 10.0 Å². The third-order valence-electron chi connectivity index (χ3n) is 4.17. The number of rotatable bonds is 8. The zero-order chi connectivity index (χ0) is 23.3. The molecule has 168 valence electrons. The first-order valence-corrected chi connectivity index (χ1v) is 11.2. The Kier molecular flexibility index (Phi) is 7.11. The highest BCUT2D eigenvalue weighted by Crippen LogP contribution is 2.19. The van der Waals surface area contributed by atoms with Crippen LogP contribution in [0.4, 0.5) is 11.5 Å². The number of nitrogens with one attached hydrogen (secondary N) is 2. The van der Waals surface area contributed by atoms with Crippen LogP contribution in [0, 0.1) is 6.92 Å². The highest BCUT2D eigenvalue weighted by atomic mass is 35.5. The molecule has 3 aromatic rings. The summed E-state index contributed by atoms with van der Waals surface area (Å²) < 4.78 is 37.2. The number of nitrogens with zero attached hydrogens (tertiary/aromatic N) is 2. The molecule has 2 N–H and O–H groups in total. The number of aromatic nitrogens is 2. The van der Waals surface area contributed by atoms with Gasteiger partial charge in [-0.25, -0.2) is 18.2 Å². The number of pyridine rings is 1. The lowest BCUT2D eigenvalue weighted by atomic mass is 10.2. The largest absolute Gasteiger partial charge is 0.449 e. The molecule has 0 bridgehead atoms. The van der Waals surface area contributed by atoms with E-state index in [1.807, 2.05) is 0 Å². The van der Waals surface area contributed by atoms with Crippen molar-refractivity contribution in [2.75, 3.05) is 10.0 Å². The van der Waals surface area contributed by atoms with E-state index >= 15 is 0 Å². The van der Waals surface area contributed by atoms with Gasteiger partial charge in [0.15, 0.2) is 11.9 Å². The lowest BCUT2D eigenvalue weighted by Gasteiger charge is -2.16. The fraction of sp³-hybridized carbons (Fsp3) is 0.200. The normalized spacial score (nSPS) is 12.1. The van der Waals surface area contributed by atoms with Crippen molar-refractivity contribution in [2.24, 2.45) is 0 Å². The minimum absolute atomic E-state index is 0.0378. The summed E-state index contributed by atoms with van der Waals surface area (Å²) in [7, 11) is -3.89. The van der Waals surface area contributed by atoms with E-state index in [9.17, 15) is 18.0 Å². The van der Waals surface area contributed by atoms with Crippen LogP contribution >= 0.6 is 11.6 Å². The third kappa shape index (κ3) is 5.83. The molecule has 0 radical (unpaired) electrons. The number of benzene rings is 1. The molecule has 10 nitrogen and oxygen atoms in total. The highest BCUT2D eigenvalue weighted by Gasteiger charge is 2.23. The predicted octanol–water partition coefficient (Wildman–Crippen LogP) is 3.41. The second kappa shape index (κ2) is 9.79. The predicted molar refractivity (Wildman–Crippen MR) is 116 cm³/mol. The molecular formula is C20H19ClN4O6S. The molecule has 0 saturated carbocycles. The van der Waals surface area contributed by atoms with Crippen molar-refractivity contribution in [3.63, 3.8) is 0 Å². The Labute approximate surface area is 189 Å². The molecule has 0 aliphatic carbocycles. The Bertz CT molecular complexity index is 1230. The maximum atomic E-state index is 12.5. The molecule has 2 heterocycles. The number of amides is 1. The summed E-state index contributed by atoms with van der Waals surface area (Å²) in [4.78, 5) is 28.5. The molecule has 0 fully saturated rings. The van der Waals surface area contributed by atoms with Gasteiger partial charge < -0.3 is 14.6 Å². The number of hydrogen-bond acceptors (Lipinski definition) is 8. The molecule has 0 aliphatic rings. The minimum Gasteiger partial charge on any atom is -0.449 e. The average Bonchev–Trinajstić information content (AvgIpc) is 3.15. The second-order valence-electron chi connectivity index (χ2n) is 6.61. The van der Waals surface area contributed by atoms with Crippen LogP contribution in [0.3, 0.4) is 0 Å². The van der Waals surface area contributed by atoms with Crippen LogP contribution in [0.15, 0.2) is 58.1 Å². The molecule has 3 rings (SSSR count). The molecule has 1 amide bonds. The van der Waals surface area contributed by atoms with Gasteiger partial charge in [0.1, 0.15) is 10.9 Å². The van der Waals surface area contributed by atoms with E-state index in [0.717, 1.165) is 0 Å². The lowest BCUT2D eigenvalue weighted by Crippen LogP contribution is -2.32. The fourth-order valence-electron chi connectivity index (χ4n) is 2.60. The van der Waals surface area contributed by atoms with Gasteiger partial charge in [0.2, 0.25) is 0 Å². The SMILES string of the molecule is CCC(OC(=O)c1ccnc(Cl)c1)C(=O)Nc1ccc(S(=O)(=O)Nc2cc(C)on2)cc1. The smallest absolute Gasteiger partial charge is 0.339 e. The van der Waals surface area contributed by atoms with Gasteiger partial charge in [0.05, 0.1) is 10.5 Å². The number of esters is 1. The van der Waals surface area contributed by atoms with Crippen molar-refractivity contribution in [1.29, 1.82) is 0 Å². The first-order valence-electron chi connectivity index (χ1n) is 9.37. The van der Waals surface area contributed by atoms with Gasteiger partial charge in [-0.3, -0.25) is 9.52 Å². The summed E-state index contributed by atoms with van der Waals surface area (Å²) in [6.45, 7) is 3.32. The first-order chi connectivity index (χ1) is 15.2. The van der Waals surface area contributed by atoms with E-state index in [2.05, 4.69) is 20.2 Å². The molecule has 12 heteroatoms. The van der Waals surface area contributed by atoms with E-state index in [0.29, 0.717) is 11.4 Å². The van der Waals surface area contributed by atoms with E-state index < -0.39 is 28.0 Å². The Morgan fingerprint density at radius 1 is 1.19 bits per heavy atom. The Morgan fingerprint density at radius 3 is 2.50 bits per heavy atom. The van der Waals surface area contributed by atoms with Crippen molar-refractivity contribution < 1.29 is 27.3 Å². The van der Waals surface area contributed by atoms with E-state index in [1.165, 1.54) is 48.7 Å². The van der Waals surface area contributed by atoms with Gasteiger partial charge in [-0.05, 0) is 49.7 Å². The third-order valence-corrected chi connectivity index (χ3v) is 5.75. The summed E-state index contributed by atoms with van der Waals surface area (Å²) in [5.41, 5.74) is 0.494. The number of sulfonamides is 1. The van der Waals surface area contributed by atoms with Crippen molar-refractivity contribution in [2.45, 2.75) is 31.3 Å². The molecule has 0 aliphatic heterocycles. The number of carbonyl (C=O) groups is 2. The van der Waals surface area contributed by atoms with E-state index in [4.69, 9.17) is 20.9 Å². The number of halogens is 1. The molecule has 1 unspecified atom stereocenters. The van der Waals surface area contributed by atoms with E-state index in [-0.39, 0.29) is 27.9 Å². The summed E-state index contributed by atoms with van der Waals surface area (Å²) in [5, 5.41) is 6.31. The number of hydrogen-bond donors (Lipinski definition) is 2. The van der Waals surface area contributed by atoms with Crippen molar-refractivity contribution in [1.82, 2.24) is 10.1 Å². The van der Waals surface area contributed by atoms with E-state index in [1.54, 1.807) is 13.8 Å². The molecule has 0 spiro atoms. The van der Waals surface area contributed by atoms with Gasteiger partial charge in [-0.1, -0.05) is 23.7 Å². The van der Waals surface area contributed by atoms with Crippen LogP contribution in [-0.2, 0) is 19.6 Å². The van der Waals surface area contributed by atoms with Crippen LogP contribution in [0.2, 0.25) is 5.15 Å². The lowest BCUT2D eigenvalue weighted by molar-refractivity contribution is -0.124. The monoisotopic (exact) mass is 478 g/mol. The van der Waals surface area contributed by atoms with Crippen LogP contribution in [0.25, 0.3) is 0 Å². The van der Waals surface area contributed by atoms with Crippen LogP contribution in [0.1, 0.15) is 29.5 Å². The Morgan fingerprint density at radius 2 is 1.91 bits per heavy atom. The summed E-state index contributed by atoms with van der Waals surface area (Å²) >= 11 is 5.77. The number of aryl methyl sites for hydroxylation is 1. The number of carbonyl (C=O) groups excluding carboxylic acids is 2. The van der Waals surface area contributed by atoms with Crippen molar-refractivity contribution in [3.05, 3.63) is 65.1 Å². The Hall–Kier alpha value is -3.44. The van der Waals surface area contributed by atoms with Crippen LogP contribution in [0.5, 0.6) is 0 Å². The highest BCUT2D eigenvalue weighted by molar-refractivity contribution is 7.92. The maximum Gasteiger partial charge on any atom is 0.339 e. The van der Waals surface area contributed by atoms with Gasteiger partial charge in [-0.2, -0.15) is 0 Å². The average molecular weight is 479 g/mol. The quantitative estimate of drug-likeness (QED) is 0.370. The van der Waals surface area contributed by atoms with Crippen molar-refractivity contribution >= 4 is 45.0 Å². The zero-order valence-corrected chi connectivity index (χ0v) is 18.6. The molecule has 32 heavy (non-hydrogen) atoms. The number of anilines is 2. The standard InChI is InChI=1S/C20H19ClN4O6S/c1-3-16(30-20(27)13-8-9-22-17(21)11-13)19(26)23-14-4-6-15(7-5-14)32(28,29)25-18-10-12(2)31-24-18/h4-11,16H,3H2,1-2H3,(H,23,26)(H,24,25). The minimum atomic E-state index is -3.89. The number of ether oxygens (including phenoxy) is 1. The maximum absolute atomic E-state index is 12.5. The molecule has 1 aromatic carbocycles. The zero-order valence-electron chi connectivity index (χ0n) is 17.0. The fourth-order valence-corrected chi connectivity index (χ4v) is 3.76. The van der Waals surface area contributed by atoms with Gasteiger partial charge in [0, 0.05) is 18.0 Å². The molecule has 2 aromatic heterocycles. The van der Waals surface area contributed by atoms with Gasteiger partial charge >= 0.3 is 5.97 Å². The molecule has 0 saturated heterocycles. The summed E-state index contributed by atoms with van der Waals surface area (Å²) in [6.07, 6.45) is 0.521. The first kappa shape index (κ1) is 23.2. The van der Waals surface area contributed by atoms with Crippen molar-refractivity contribution in [3.8, 4) is 0 Å².